The zero-order valence-corrected chi connectivity index (χ0v) is 18.0. The number of furan rings is 1. The van der Waals surface area contributed by atoms with E-state index in [1.807, 2.05) is 0 Å². The van der Waals surface area contributed by atoms with Gasteiger partial charge in [-0.25, -0.2) is 0 Å². The number of carbonyl (C=O) groups excluding carboxylic acids is 1. The fourth-order valence-corrected chi connectivity index (χ4v) is 5.45. The highest BCUT2D eigenvalue weighted by molar-refractivity contribution is 7.16. The maximum absolute atomic E-state index is 12.9. The normalized spacial score (nSPS) is 18.3. The Kier molecular flexibility index (Phi) is 4.79. The van der Waals surface area contributed by atoms with Gasteiger partial charge in [0.05, 0.1) is 10.5 Å². The maximum atomic E-state index is 12.9. The summed E-state index contributed by atoms with van der Waals surface area (Å²) >= 11 is 1.64. The molecule has 0 bridgehead atoms. The van der Waals surface area contributed by atoms with Crippen molar-refractivity contribution in [3.8, 4) is 11.3 Å². The second-order valence-corrected chi connectivity index (χ2v) is 9.19. The number of hydrogen-bond donors (Lipinski definition) is 2. The molecule has 2 N–H and O–H groups in total. The number of anilines is 1. The van der Waals surface area contributed by atoms with E-state index in [1.165, 1.54) is 17.0 Å². The molecule has 1 atom stereocenters. The number of benzene rings is 1. The van der Waals surface area contributed by atoms with Crippen LogP contribution in [-0.2, 0) is 13.0 Å². The molecule has 9 heteroatoms. The van der Waals surface area contributed by atoms with Crippen LogP contribution in [0.2, 0.25) is 0 Å². The van der Waals surface area contributed by atoms with Gasteiger partial charge >= 0.3 is 0 Å². The van der Waals surface area contributed by atoms with Gasteiger partial charge in [0, 0.05) is 41.7 Å². The van der Waals surface area contributed by atoms with E-state index in [0.717, 1.165) is 35.6 Å². The SMILES string of the molecule is CC(C)N1CCc2c(sc3c2C(=O)N[C@@H](c2ccc(-c4cccc([N+](=O)[O-])c4)o2)N3)C1. The van der Waals surface area contributed by atoms with E-state index >= 15 is 0 Å². The molecule has 0 fully saturated rings. The number of nitrogens with one attached hydrogen (secondary N) is 2. The number of nitrogens with zero attached hydrogens (tertiary/aromatic N) is 2. The summed E-state index contributed by atoms with van der Waals surface area (Å²) in [5.74, 6) is 0.969. The molecule has 31 heavy (non-hydrogen) atoms. The van der Waals surface area contributed by atoms with Crippen LogP contribution < -0.4 is 10.6 Å². The summed E-state index contributed by atoms with van der Waals surface area (Å²) in [6, 6.07) is 10.3. The summed E-state index contributed by atoms with van der Waals surface area (Å²) in [6.07, 6.45) is 0.380. The molecule has 0 saturated heterocycles. The number of fused-ring (bicyclic) bond motifs is 3. The zero-order valence-electron chi connectivity index (χ0n) is 17.2. The molecule has 1 aromatic carbocycles. The largest absolute Gasteiger partial charge is 0.457 e. The van der Waals surface area contributed by atoms with Gasteiger partial charge in [-0.2, -0.15) is 0 Å². The number of amides is 1. The van der Waals surface area contributed by atoms with Crippen LogP contribution in [0.5, 0.6) is 0 Å². The van der Waals surface area contributed by atoms with Crippen LogP contribution in [0.25, 0.3) is 11.3 Å². The monoisotopic (exact) mass is 438 g/mol. The molecule has 0 saturated carbocycles. The van der Waals surface area contributed by atoms with Gasteiger partial charge < -0.3 is 15.1 Å². The summed E-state index contributed by atoms with van der Waals surface area (Å²) in [4.78, 5) is 27.2. The van der Waals surface area contributed by atoms with E-state index in [1.54, 1.807) is 35.6 Å². The van der Waals surface area contributed by atoms with Crippen molar-refractivity contribution in [1.82, 2.24) is 10.2 Å². The lowest BCUT2D eigenvalue weighted by atomic mass is 10.0. The maximum Gasteiger partial charge on any atom is 0.270 e. The Balaban J connectivity index is 1.41. The van der Waals surface area contributed by atoms with E-state index in [0.29, 0.717) is 23.1 Å². The minimum Gasteiger partial charge on any atom is -0.457 e. The molecule has 2 aliphatic rings. The first-order valence-corrected chi connectivity index (χ1v) is 11.0. The van der Waals surface area contributed by atoms with Gasteiger partial charge in [-0.3, -0.25) is 19.8 Å². The van der Waals surface area contributed by atoms with Gasteiger partial charge in [-0.05, 0) is 38.0 Å². The predicted octanol–water partition coefficient (Wildman–Crippen LogP) is 4.54. The van der Waals surface area contributed by atoms with Crippen molar-refractivity contribution in [1.29, 1.82) is 0 Å². The van der Waals surface area contributed by atoms with Crippen molar-refractivity contribution in [2.75, 3.05) is 11.9 Å². The summed E-state index contributed by atoms with van der Waals surface area (Å²) < 4.78 is 5.95. The highest BCUT2D eigenvalue weighted by Gasteiger charge is 2.34. The average Bonchev–Trinajstić information content (AvgIpc) is 3.38. The zero-order chi connectivity index (χ0) is 21.7. The molecule has 3 aromatic rings. The highest BCUT2D eigenvalue weighted by atomic mass is 32.1. The molecule has 0 aliphatic carbocycles. The Bertz CT molecular complexity index is 1180. The minimum atomic E-state index is -0.492. The van der Waals surface area contributed by atoms with E-state index in [-0.39, 0.29) is 11.6 Å². The van der Waals surface area contributed by atoms with Crippen molar-refractivity contribution in [3.05, 3.63) is 68.3 Å². The van der Waals surface area contributed by atoms with E-state index in [9.17, 15) is 14.9 Å². The summed E-state index contributed by atoms with van der Waals surface area (Å²) in [7, 11) is 0. The number of thiophene rings is 1. The summed E-state index contributed by atoms with van der Waals surface area (Å²) in [5, 5.41) is 18.3. The Morgan fingerprint density at radius 2 is 2.10 bits per heavy atom. The van der Waals surface area contributed by atoms with Crippen LogP contribution >= 0.6 is 11.3 Å². The number of rotatable bonds is 4. The van der Waals surface area contributed by atoms with Crippen molar-refractivity contribution >= 4 is 27.9 Å². The first kappa shape index (κ1) is 19.8. The molecule has 0 unspecified atom stereocenters. The van der Waals surface area contributed by atoms with E-state index in [2.05, 4.69) is 29.4 Å². The molecule has 160 valence electrons. The van der Waals surface area contributed by atoms with Crippen LogP contribution in [0.15, 0.2) is 40.8 Å². The fraction of sp³-hybridized carbons (Fsp3) is 0.318. The molecule has 0 spiro atoms. The Morgan fingerprint density at radius 3 is 2.87 bits per heavy atom. The smallest absolute Gasteiger partial charge is 0.270 e. The molecule has 8 nitrogen and oxygen atoms in total. The molecule has 4 heterocycles. The van der Waals surface area contributed by atoms with Gasteiger partial charge in [0.2, 0.25) is 0 Å². The number of hydrogen-bond acceptors (Lipinski definition) is 7. The third kappa shape index (κ3) is 3.49. The summed E-state index contributed by atoms with van der Waals surface area (Å²) in [5.41, 5.74) is 2.52. The molecule has 2 aromatic heterocycles. The lowest BCUT2D eigenvalue weighted by Crippen LogP contribution is -2.39. The molecule has 5 rings (SSSR count). The first-order valence-electron chi connectivity index (χ1n) is 10.2. The standard InChI is InChI=1S/C22H22N4O4S/c1-12(2)25-9-8-15-18(11-25)31-22-19(15)21(27)23-20(24-22)17-7-6-16(30-17)13-4-3-5-14(10-13)26(28)29/h3-7,10,12,20,24H,8-9,11H2,1-2H3,(H,23,27)/t20-/m1/s1. The fourth-order valence-electron chi connectivity index (χ4n) is 4.15. The molecular formula is C22H22N4O4S. The number of carbonyl (C=O) groups is 1. The number of nitro benzene ring substituents is 1. The van der Waals surface area contributed by atoms with Gasteiger partial charge in [0.15, 0.2) is 6.17 Å². The van der Waals surface area contributed by atoms with Crippen LogP contribution in [0, 0.1) is 10.1 Å². The van der Waals surface area contributed by atoms with E-state index < -0.39 is 11.1 Å². The molecular weight excluding hydrogens is 416 g/mol. The van der Waals surface area contributed by atoms with Crippen molar-refractivity contribution < 1.29 is 14.1 Å². The lowest BCUT2D eigenvalue weighted by molar-refractivity contribution is -0.384. The summed E-state index contributed by atoms with van der Waals surface area (Å²) in [6.45, 7) is 6.20. The Labute approximate surface area is 183 Å². The van der Waals surface area contributed by atoms with Crippen molar-refractivity contribution in [2.24, 2.45) is 0 Å². The predicted molar refractivity (Wildman–Crippen MR) is 118 cm³/mol. The van der Waals surface area contributed by atoms with Crippen molar-refractivity contribution in [3.63, 3.8) is 0 Å². The Morgan fingerprint density at radius 1 is 1.26 bits per heavy atom. The first-order chi connectivity index (χ1) is 14.9. The minimum absolute atomic E-state index is 0.00351. The molecule has 0 radical (unpaired) electrons. The highest BCUT2D eigenvalue weighted by Crippen LogP contribution is 2.41. The third-order valence-electron chi connectivity index (χ3n) is 5.85. The van der Waals surface area contributed by atoms with Crippen LogP contribution in [0.4, 0.5) is 10.7 Å². The number of non-ortho nitro benzene ring substituents is 1. The Hall–Kier alpha value is -3.17. The van der Waals surface area contributed by atoms with Crippen LogP contribution in [0.3, 0.4) is 0 Å². The number of nitro groups is 1. The van der Waals surface area contributed by atoms with Gasteiger partial charge in [-0.15, -0.1) is 11.3 Å². The van der Waals surface area contributed by atoms with Gasteiger partial charge in [0.1, 0.15) is 16.5 Å². The average molecular weight is 439 g/mol. The van der Waals surface area contributed by atoms with Crippen LogP contribution in [0.1, 0.15) is 46.6 Å². The van der Waals surface area contributed by atoms with Crippen LogP contribution in [-0.4, -0.2) is 28.3 Å². The van der Waals surface area contributed by atoms with Crippen molar-refractivity contribution in [2.45, 2.75) is 39.0 Å². The second kappa shape index (κ2) is 7.51. The third-order valence-corrected chi connectivity index (χ3v) is 7.00. The molecule has 1 amide bonds. The second-order valence-electron chi connectivity index (χ2n) is 8.08. The van der Waals surface area contributed by atoms with Gasteiger partial charge in [-0.1, -0.05) is 12.1 Å². The topological polar surface area (TPSA) is 101 Å². The lowest BCUT2D eigenvalue weighted by Gasteiger charge is -2.30. The van der Waals surface area contributed by atoms with E-state index in [4.69, 9.17) is 4.42 Å². The molecule has 2 aliphatic heterocycles. The van der Waals surface area contributed by atoms with Gasteiger partial charge in [0.25, 0.3) is 11.6 Å². The quantitative estimate of drug-likeness (QED) is 0.458.